The van der Waals surface area contributed by atoms with Gasteiger partial charge in [0.15, 0.2) is 0 Å². The highest BCUT2D eigenvalue weighted by Crippen LogP contribution is 2.04. The van der Waals surface area contributed by atoms with Crippen molar-refractivity contribution in [2.45, 2.75) is 13.5 Å². The molecule has 0 saturated carbocycles. The van der Waals surface area contributed by atoms with Gasteiger partial charge in [-0.3, -0.25) is 9.59 Å². The molecule has 0 aliphatic rings. The Hall–Kier alpha value is -2.50. The van der Waals surface area contributed by atoms with Crippen molar-refractivity contribution in [1.29, 1.82) is 0 Å². The Bertz CT molecular complexity index is 599. The maximum atomic E-state index is 11.6. The van der Waals surface area contributed by atoms with E-state index < -0.39 is 0 Å². The fourth-order valence-electron chi connectivity index (χ4n) is 1.75. The van der Waals surface area contributed by atoms with E-state index in [9.17, 15) is 9.59 Å². The molecule has 2 amide bonds. The summed E-state index contributed by atoms with van der Waals surface area (Å²) < 4.78 is 6.80. The van der Waals surface area contributed by atoms with Crippen LogP contribution in [0.3, 0.4) is 0 Å². The van der Waals surface area contributed by atoms with Crippen molar-refractivity contribution < 1.29 is 14.0 Å². The predicted molar refractivity (Wildman–Crippen MR) is 73.0 cm³/mol. The third kappa shape index (κ3) is 3.28. The molecule has 6 heteroatoms. The summed E-state index contributed by atoms with van der Waals surface area (Å²) in [4.78, 5) is 23.2. The van der Waals surface area contributed by atoms with Crippen molar-refractivity contribution in [2.75, 3.05) is 6.54 Å². The van der Waals surface area contributed by atoms with E-state index in [2.05, 4.69) is 10.6 Å². The van der Waals surface area contributed by atoms with Gasteiger partial charge >= 0.3 is 0 Å². The van der Waals surface area contributed by atoms with E-state index >= 15 is 0 Å². The summed E-state index contributed by atoms with van der Waals surface area (Å²) in [6, 6.07) is 5.49. The van der Waals surface area contributed by atoms with E-state index in [4.69, 9.17) is 4.42 Å². The molecule has 106 valence electrons. The van der Waals surface area contributed by atoms with Crippen LogP contribution in [-0.2, 0) is 18.4 Å². The number of furan rings is 1. The summed E-state index contributed by atoms with van der Waals surface area (Å²) in [6.45, 7) is 2.37. The van der Waals surface area contributed by atoms with Crippen molar-refractivity contribution >= 4 is 11.8 Å². The fourth-order valence-corrected chi connectivity index (χ4v) is 1.75. The highest BCUT2D eigenvalue weighted by atomic mass is 16.3. The van der Waals surface area contributed by atoms with Gasteiger partial charge in [-0.05, 0) is 25.1 Å². The molecule has 2 heterocycles. The quantitative estimate of drug-likeness (QED) is 0.853. The first-order valence-corrected chi connectivity index (χ1v) is 6.26. The monoisotopic (exact) mass is 275 g/mol. The van der Waals surface area contributed by atoms with Gasteiger partial charge in [0.25, 0.3) is 5.91 Å². The Morgan fingerprint density at radius 1 is 1.25 bits per heavy atom. The van der Waals surface area contributed by atoms with Crippen LogP contribution in [0, 0.1) is 6.92 Å². The number of rotatable bonds is 5. The SMILES string of the molecule is Cc1ccc(CNC(=O)CNC(=O)c2ccoc2)n1C. The minimum atomic E-state index is -0.330. The molecule has 0 radical (unpaired) electrons. The number of amides is 2. The third-order valence-electron chi connectivity index (χ3n) is 3.14. The van der Waals surface area contributed by atoms with Crippen molar-refractivity contribution in [2.24, 2.45) is 7.05 Å². The number of nitrogens with zero attached hydrogens (tertiary/aromatic N) is 1. The molecule has 2 aromatic rings. The normalized spacial score (nSPS) is 10.3. The Morgan fingerprint density at radius 3 is 2.65 bits per heavy atom. The smallest absolute Gasteiger partial charge is 0.254 e. The Balaban J connectivity index is 1.76. The average molecular weight is 275 g/mol. The molecule has 0 aliphatic carbocycles. The maximum absolute atomic E-state index is 11.6. The molecule has 0 spiro atoms. The van der Waals surface area contributed by atoms with Crippen LogP contribution in [0.4, 0.5) is 0 Å². The third-order valence-corrected chi connectivity index (χ3v) is 3.14. The van der Waals surface area contributed by atoms with Crippen LogP contribution in [0.25, 0.3) is 0 Å². The Labute approximate surface area is 116 Å². The fraction of sp³-hybridized carbons (Fsp3) is 0.286. The Morgan fingerprint density at radius 2 is 2.05 bits per heavy atom. The lowest BCUT2D eigenvalue weighted by Gasteiger charge is -2.08. The molecule has 0 aromatic carbocycles. The number of nitrogens with one attached hydrogen (secondary N) is 2. The highest BCUT2D eigenvalue weighted by molar-refractivity contribution is 5.96. The largest absolute Gasteiger partial charge is 0.472 e. The van der Waals surface area contributed by atoms with E-state index in [0.717, 1.165) is 11.4 Å². The summed E-state index contributed by atoms with van der Waals surface area (Å²) in [6.07, 6.45) is 2.74. The topological polar surface area (TPSA) is 76.3 Å². The summed E-state index contributed by atoms with van der Waals surface area (Å²) in [5.41, 5.74) is 2.54. The van der Waals surface area contributed by atoms with Crippen molar-refractivity contribution in [3.8, 4) is 0 Å². The van der Waals surface area contributed by atoms with Crippen LogP contribution in [0.1, 0.15) is 21.7 Å². The second-order valence-corrected chi connectivity index (χ2v) is 4.50. The lowest BCUT2D eigenvalue weighted by Crippen LogP contribution is -2.36. The summed E-state index contributed by atoms with van der Waals surface area (Å²) in [7, 11) is 1.94. The molecule has 0 aliphatic heterocycles. The summed E-state index contributed by atoms with van der Waals surface area (Å²) in [5.74, 6) is -0.565. The van der Waals surface area contributed by atoms with E-state index in [1.54, 1.807) is 6.07 Å². The standard InChI is InChI=1S/C14H17N3O3/c1-10-3-4-12(17(10)2)7-15-13(18)8-16-14(19)11-5-6-20-9-11/h3-6,9H,7-8H2,1-2H3,(H,15,18)(H,16,19). The molecule has 0 bridgehead atoms. The molecule has 0 saturated heterocycles. The van der Waals surface area contributed by atoms with Gasteiger partial charge < -0.3 is 19.6 Å². The van der Waals surface area contributed by atoms with E-state index in [-0.39, 0.29) is 18.4 Å². The van der Waals surface area contributed by atoms with Crippen LogP contribution < -0.4 is 10.6 Å². The average Bonchev–Trinajstić information content (AvgIpc) is 3.06. The van der Waals surface area contributed by atoms with Crippen LogP contribution in [-0.4, -0.2) is 22.9 Å². The van der Waals surface area contributed by atoms with Gasteiger partial charge in [0.05, 0.1) is 24.9 Å². The molecule has 0 unspecified atom stereocenters. The summed E-state index contributed by atoms with van der Waals surface area (Å²) >= 11 is 0. The zero-order chi connectivity index (χ0) is 14.5. The van der Waals surface area contributed by atoms with E-state index in [0.29, 0.717) is 12.1 Å². The van der Waals surface area contributed by atoms with E-state index in [1.165, 1.54) is 12.5 Å². The first-order chi connectivity index (χ1) is 9.58. The lowest BCUT2D eigenvalue weighted by molar-refractivity contribution is -0.120. The number of aryl methyl sites for hydroxylation is 1. The van der Waals surface area contributed by atoms with Gasteiger partial charge in [0.2, 0.25) is 5.91 Å². The highest BCUT2D eigenvalue weighted by Gasteiger charge is 2.09. The van der Waals surface area contributed by atoms with Crippen molar-refractivity contribution in [3.05, 3.63) is 47.7 Å². The molecule has 20 heavy (non-hydrogen) atoms. The summed E-state index contributed by atoms with van der Waals surface area (Å²) in [5, 5.41) is 5.28. The van der Waals surface area contributed by atoms with Gasteiger partial charge in [-0.1, -0.05) is 0 Å². The van der Waals surface area contributed by atoms with Crippen LogP contribution in [0.2, 0.25) is 0 Å². The molecule has 2 aromatic heterocycles. The molecule has 2 N–H and O–H groups in total. The van der Waals surface area contributed by atoms with Gasteiger partial charge in [-0.2, -0.15) is 0 Å². The Kier molecular flexibility index (Phi) is 4.24. The molecule has 0 atom stereocenters. The number of carbonyl (C=O) groups is 2. The molecule has 6 nitrogen and oxygen atoms in total. The second kappa shape index (κ2) is 6.10. The zero-order valence-electron chi connectivity index (χ0n) is 11.5. The number of aromatic nitrogens is 1. The second-order valence-electron chi connectivity index (χ2n) is 4.50. The zero-order valence-corrected chi connectivity index (χ0v) is 11.5. The van der Waals surface area contributed by atoms with Crippen molar-refractivity contribution in [3.63, 3.8) is 0 Å². The van der Waals surface area contributed by atoms with Gasteiger partial charge in [0.1, 0.15) is 6.26 Å². The molecular formula is C14H17N3O3. The van der Waals surface area contributed by atoms with Gasteiger partial charge in [0, 0.05) is 18.4 Å². The van der Waals surface area contributed by atoms with E-state index in [1.807, 2.05) is 30.7 Å². The van der Waals surface area contributed by atoms with Gasteiger partial charge in [-0.25, -0.2) is 0 Å². The van der Waals surface area contributed by atoms with Crippen LogP contribution in [0.5, 0.6) is 0 Å². The first kappa shape index (κ1) is 13.9. The number of carbonyl (C=O) groups excluding carboxylic acids is 2. The molecule has 0 fully saturated rings. The minimum absolute atomic E-state index is 0.0621. The number of hydrogen-bond acceptors (Lipinski definition) is 3. The van der Waals surface area contributed by atoms with Crippen LogP contribution in [0.15, 0.2) is 35.1 Å². The predicted octanol–water partition coefficient (Wildman–Crippen LogP) is 0.973. The first-order valence-electron chi connectivity index (χ1n) is 6.26. The number of hydrogen-bond donors (Lipinski definition) is 2. The van der Waals surface area contributed by atoms with Gasteiger partial charge in [-0.15, -0.1) is 0 Å². The lowest BCUT2D eigenvalue weighted by atomic mass is 10.3. The van der Waals surface area contributed by atoms with Crippen molar-refractivity contribution in [1.82, 2.24) is 15.2 Å². The molecular weight excluding hydrogens is 258 g/mol. The molecule has 2 rings (SSSR count). The minimum Gasteiger partial charge on any atom is -0.472 e. The maximum Gasteiger partial charge on any atom is 0.254 e. The van der Waals surface area contributed by atoms with Crippen LogP contribution >= 0.6 is 0 Å².